The molecule has 0 aliphatic heterocycles. The largest absolute Gasteiger partial charge is 0.393 e. The molecule has 0 aliphatic carbocycles. The van der Waals surface area contributed by atoms with E-state index in [0.29, 0.717) is 18.9 Å². The molecule has 0 amide bonds. The Morgan fingerprint density at radius 2 is 2.29 bits per heavy atom. The zero-order valence-corrected chi connectivity index (χ0v) is 10.2. The predicted octanol–water partition coefficient (Wildman–Crippen LogP) is 1.61. The molecule has 17 heavy (non-hydrogen) atoms. The number of hydrogen-bond donors (Lipinski definition) is 2. The number of nitrogens with zero attached hydrogens (tertiary/aromatic N) is 3. The van der Waals surface area contributed by atoms with Gasteiger partial charge in [-0.2, -0.15) is 4.98 Å². The highest BCUT2D eigenvalue weighted by Gasteiger charge is 2.05. The first-order chi connectivity index (χ1) is 8.20. The fourth-order valence-electron chi connectivity index (χ4n) is 1.67. The Hall–Kier alpha value is -1.62. The third-order valence-corrected chi connectivity index (χ3v) is 2.78. The molecule has 2 heterocycles. The third-order valence-electron chi connectivity index (χ3n) is 2.78. The first kappa shape index (κ1) is 11.9. The lowest BCUT2D eigenvalue weighted by Gasteiger charge is -2.06. The van der Waals surface area contributed by atoms with Gasteiger partial charge in [0.25, 0.3) is 0 Å². The van der Waals surface area contributed by atoms with E-state index in [2.05, 4.69) is 15.4 Å². The monoisotopic (exact) mass is 234 g/mol. The van der Waals surface area contributed by atoms with Crippen molar-refractivity contribution in [3.8, 4) is 0 Å². The Morgan fingerprint density at radius 1 is 1.47 bits per heavy atom. The zero-order valence-electron chi connectivity index (χ0n) is 10.2. The molecule has 1 unspecified atom stereocenters. The second-order valence-electron chi connectivity index (χ2n) is 4.15. The molecule has 0 saturated carbocycles. The smallest absolute Gasteiger partial charge is 0.243 e. The average molecular weight is 234 g/mol. The number of anilines is 1. The van der Waals surface area contributed by atoms with Crippen LogP contribution in [-0.4, -0.2) is 32.4 Å². The third kappa shape index (κ3) is 2.74. The van der Waals surface area contributed by atoms with Crippen LogP contribution >= 0.6 is 0 Å². The number of aryl methyl sites for hydroxylation is 1. The molecule has 2 rings (SSSR count). The van der Waals surface area contributed by atoms with E-state index in [1.54, 1.807) is 4.52 Å². The molecule has 2 aromatic rings. The van der Waals surface area contributed by atoms with Crippen LogP contribution in [0.15, 0.2) is 18.2 Å². The highest BCUT2D eigenvalue weighted by atomic mass is 16.3. The number of aliphatic hydroxyl groups excluding tert-OH is 1. The van der Waals surface area contributed by atoms with Gasteiger partial charge in [0.2, 0.25) is 5.95 Å². The van der Waals surface area contributed by atoms with Gasteiger partial charge in [-0.15, -0.1) is 5.10 Å². The second-order valence-corrected chi connectivity index (χ2v) is 4.15. The summed E-state index contributed by atoms with van der Waals surface area (Å²) in [5.41, 5.74) is 1.89. The Bertz CT molecular complexity index is 494. The van der Waals surface area contributed by atoms with Gasteiger partial charge in [0, 0.05) is 12.2 Å². The molecule has 5 heteroatoms. The van der Waals surface area contributed by atoms with Crippen molar-refractivity contribution in [2.24, 2.45) is 0 Å². The van der Waals surface area contributed by atoms with Crippen LogP contribution in [0.5, 0.6) is 0 Å². The lowest BCUT2D eigenvalue weighted by molar-refractivity contribution is 0.164. The molecule has 0 saturated heterocycles. The standard InChI is InChI=1S/C12H18N4O/c1-3-10(17)7-8-13-12-14-11-6-4-5-9(2)16(11)15-12/h4-6,10,17H,3,7-8H2,1-2H3,(H,13,15). The summed E-state index contributed by atoms with van der Waals surface area (Å²) in [7, 11) is 0. The minimum absolute atomic E-state index is 0.249. The van der Waals surface area contributed by atoms with Gasteiger partial charge in [-0.3, -0.25) is 0 Å². The van der Waals surface area contributed by atoms with E-state index in [-0.39, 0.29) is 6.10 Å². The Labute approximate surface area is 100 Å². The van der Waals surface area contributed by atoms with Crippen LogP contribution in [0.25, 0.3) is 5.65 Å². The van der Waals surface area contributed by atoms with Crippen molar-refractivity contribution in [1.82, 2.24) is 14.6 Å². The molecule has 2 aromatic heterocycles. The van der Waals surface area contributed by atoms with Gasteiger partial charge in [-0.25, -0.2) is 4.52 Å². The summed E-state index contributed by atoms with van der Waals surface area (Å²) in [4.78, 5) is 4.36. The molecule has 2 N–H and O–H groups in total. The topological polar surface area (TPSA) is 62.5 Å². The van der Waals surface area contributed by atoms with E-state index >= 15 is 0 Å². The van der Waals surface area contributed by atoms with Crippen LogP contribution in [0.1, 0.15) is 25.5 Å². The molecule has 0 aromatic carbocycles. The first-order valence-electron chi connectivity index (χ1n) is 5.95. The van der Waals surface area contributed by atoms with E-state index in [9.17, 15) is 5.11 Å². The van der Waals surface area contributed by atoms with E-state index in [4.69, 9.17) is 0 Å². The fraction of sp³-hybridized carbons (Fsp3) is 0.500. The van der Waals surface area contributed by atoms with E-state index in [1.807, 2.05) is 32.0 Å². The van der Waals surface area contributed by atoms with Gasteiger partial charge < -0.3 is 10.4 Å². The molecular formula is C12H18N4O. The highest BCUT2D eigenvalue weighted by molar-refractivity contribution is 5.44. The summed E-state index contributed by atoms with van der Waals surface area (Å²) in [5, 5.41) is 16.9. The number of fused-ring (bicyclic) bond motifs is 1. The number of aliphatic hydroxyl groups is 1. The van der Waals surface area contributed by atoms with Crippen LogP contribution in [0.4, 0.5) is 5.95 Å². The molecule has 0 aliphatic rings. The van der Waals surface area contributed by atoms with Crippen LogP contribution in [0.2, 0.25) is 0 Å². The van der Waals surface area contributed by atoms with Crippen molar-refractivity contribution in [3.05, 3.63) is 23.9 Å². The summed E-state index contributed by atoms with van der Waals surface area (Å²) >= 11 is 0. The normalized spacial score (nSPS) is 12.9. The zero-order chi connectivity index (χ0) is 12.3. The summed E-state index contributed by atoms with van der Waals surface area (Å²) in [6.45, 7) is 4.65. The van der Waals surface area contributed by atoms with Crippen molar-refractivity contribution in [1.29, 1.82) is 0 Å². The van der Waals surface area contributed by atoms with Crippen LogP contribution in [0.3, 0.4) is 0 Å². The summed E-state index contributed by atoms with van der Waals surface area (Å²) < 4.78 is 1.80. The predicted molar refractivity (Wildman–Crippen MR) is 67.1 cm³/mol. The molecule has 0 bridgehead atoms. The first-order valence-corrected chi connectivity index (χ1v) is 5.95. The van der Waals surface area contributed by atoms with Crippen LogP contribution in [-0.2, 0) is 0 Å². The van der Waals surface area contributed by atoms with Crippen molar-refractivity contribution in [2.75, 3.05) is 11.9 Å². The SMILES string of the molecule is CCC(O)CCNc1nc2cccc(C)n2n1. The van der Waals surface area contributed by atoms with Crippen molar-refractivity contribution >= 4 is 11.6 Å². The number of pyridine rings is 1. The maximum atomic E-state index is 9.43. The molecule has 5 nitrogen and oxygen atoms in total. The second kappa shape index (κ2) is 5.14. The summed E-state index contributed by atoms with van der Waals surface area (Å²) in [5.74, 6) is 0.614. The number of aromatic nitrogens is 3. The average Bonchev–Trinajstić information content (AvgIpc) is 2.73. The molecular weight excluding hydrogens is 216 g/mol. The van der Waals surface area contributed by atoms with Gasteiger partial charge in [0.05, 0.1) is 6.10 Å². The van der Waals surface area contributed by atoms with Gasteiger partial charge in [0.15, 0.2) is 5.65 Å². The number of nitrogens with one attached hydrogen (secondary N) is 1. The molecule has 92 valence electrons. The minimum Gasteiger partial charge on any atom is -0.393 e. The Morgan fingerprint density at radius 3 is 3.00 bits per heavy atom. The van der Waals surface area contributed by atoms with Crippen LogP contribution < -0.4 is 5.32 Å². The van der Waals surface area contributed by atoms with E-state index in [0.717, 1.165) is 17.8 Å². The van der Waals surface area contributed by atoms with Crippen LogP contribution in [0, 0.1) is 6.92 Å². The maximum absolute atomic E-state index is 9.43. The summed E-state index contributed by atoms with van der Waals surface area (Å²) in [6.07, 6.45) is 1.24. The van der Waals surface area contributed by atoms with Crippen molar-refractivity contribution in [3.63, 3.8) is 0 Å². The molecule has 1 atom stereocenters. The minimum atomic E-state index is -0.249. The number of hydrogen-bond acceptors (Lipinski definition) is 4. The fourth-order valence-corrected chi connectivity index (χ4v) is 1.67. The Kier molecular flexibility index (Phi) is 3.58. The van der Waals surface area contributed by atoms with Gasteiger partial charge in [0.1, 0.15) is 0 Å². The molecule has 0 spiro atoms. The number of rotatable bonds is 5. The quantitative estimate of drug-likeness (QED) is 0.825. The summed E-state index contributed by atoms with van der Waals surface area (Å²) in [6, 6.07) is 5.88. The van der Waals surface area contributed by atoms with Gasteiger partial charge in [-0.1, -0.05) is 13.0 Å². The lowest BCUT2D eigenvalue weighted by atomic mass is 10.2. The molecule has 0 radical (unpaired) electrons. The highest BCUT2D eigenvalue weighted by Crippen LogP contribution is 2.08. The lowest BCUT2D eigenvalue weighted by Crippen LogP contribution is -2.12. The van der Waals surface area contributed by atoms with E-state index in [1.165, 1.54) is 0 Å². The van der Waals surface area contributed by atoms with Crippen molar-refractivity contribution < 1.29 is 5.11 Å². The maximum Gasteiger partial charge on any atom is 0.243 e. The molecule has 0 fully saturated rings. The Balaban J connectivity index is 2.02. The van der Waals surface area contributed by atoms with Gasteiger partial charge in [-0.05, 0) is 31.9 Å². The van der Waals surface area contributed by atoms with Gasteiger partial charge >= 0.3 is 0 Å². The van der Waals surface area contributed by atoms with Crippen molar-refractivity contribution in [2.45, 2.75) is 32.8 Å². The van der Waals surface area contributed by atoms with E-state index < -0.39 is 0 Å².